The van der Waals surface area contributed by atoms with E-state index in [0.717, 1.165) is 71.9 Å². The average Bonchev–Trinajstić information content (AvgIpc) is 3.72. The van der Waals surface area contributed by atoms with Crippen LogP contribution in [0.5, 0.6) is 5.75 Å². The van der Waals surface area contributed by atoms with Gasteiger partial charge in [0.1, 0.15) is 10.8 Å². The molecule has 248 valence electrons. The first kappa shape index (κ1) is 34.3. The second-order valence-corrected chi connectivity index (χ2v) is 13.9. The standard InChI is InChI=1S/C34H40F3N3O4S2/c1-4-43-33(42)23(3)44-29-14-13-27(19-22(29)2)45-21-30-28(38-31(46-30)24-9-11-26(12-10-24)34(35,36)37)20-39-15-17-40(18-16-39)32(41)25-7-5-6-8-25/h9-14,19,23,25H,4-8,15-18,20-21H2,1-3H3. The highest BCUT2D eigenvalue weighted by Crippen LogP contribution is 2.37. The predicted octanol–water partition coefficient (Wildman–Crippen LogP) is 7.59. The van der Waals surface area contributed by atoms with Gasteiger partial charge in [-0.3, -0.25) is 9.69 Å². The number of carbonyl (C=O) groups is 2. The van der Waals surface area contributed by atoms with Crippen LogP contribution in [0.15, 0.2) is 47.4 Å². The lowest BCUT2D eigenvalue weighted by atomic mass is 10.1. The Morgan fingerprint density at radius 3 is 2.39 bits per heavy atom. The summed E-state index contributed by atoms with van der Waals surface area (Å²) in [4.78, 5) is 36.2. The molecule has 0 radical (unpaired) electrons. The molecule has 0 N–H and O–H groups in total. The Kier molecular flexibility index (Phi) is 11.3. The van der Waals surface area contributed by atoms with Crippen LogP contribution in [-0.2, 0) is 32.8 Å². The maximum absolute atomic E-state index is 13.2. The van der Waals surface area contributed by atoms with Crippen LogP contribution in [0.4, 0.5) is 13.2 Å². The van der Waals surface area contributed by atoms with E-state index in [0.29, 0.717) is 41.7 Å². The molecule has 1 atom stereocenters. The molecule has 0 spiro atoms. The highest BCUT2D eigenvalue weighted by Gasteiger charge is 2.31. The van der Waals surface area contributed by atoms with Gasteiger partial charge in [0.15, 0.2) is 6.10 Å². The number of ether oxygens (including phenoxy) is 2. The SMILES string of the molecule is CCOC(=O)C(C)Oc1ccc(SCc2sc(-c3ccc(C(F)(F)F)cc3)nc2CN2CCN(C(=O)C3CCCC3)CC2)cc1C. The second kappa shape index (κ2) is 15.2. The van der Waals surface area contributed by atoms with Crippen molar-refractivity contribution in [3.05, 3.63) is 64.2 Å². The summed E-state index contributed by atoms with van der Waals surface area (Å²) in [5.74, 6) is 1.29. The van der Waals surface area contributed by atoms with Gasteiger partial charge in [0.2, 0.25) is 5.91 Å². The molecule has 2 heterocycles. The number of halogens is 3. The second-order valence-electron chi connectivity index (χ2n) is 11.8. The van der Waals surface area contributed by atoms with E-state index in [1.165, 1.54) is 23.5 Å². The van der Waals surface area contributed by atoms with Crippen LogP contribution >= 0.6 is 23.1 Å². The molecule has 2 aromatic carbocycles. The third-order valence-electron chi connectivity index (χ3n) is 8.44. The first-order valence-corrected chi connectivity index (χ1v) is 17.6. The van der Waals surface area contributed by atoms with Crippen molar-refractivity contribution < 1.29 is 32.2 Å². The number of hydrogen-bond donors (Lipinski definition) is 0. The molecule has 12 heteroatoms. The van der Waals surface area contributed by atoms with Crippen molar-refractivity contribution in [1.29, 1.82) is 0 Å². The van der Waals surface area contributed by atoms with Gasteiger partial charge in [-0.05, 0) is 69.5 Å². The molecule has 0 bridgehead atoms. The number of aromatic nitrogens is 1. The van der Waals surface area contributed by atoms with E-state index in [-0.39, 0.29) is 18.4 Å². The van der Waals surface area contributed by atoms with Crippen LogP contribution in [0.3, 0.4) is 0 Å². The number of thioether (sulfide) groups is 1. The number of carbonyl (C=O) groups excluding carboxylic acids is 2. The van der Waals surface area contributed by atoms with Crippen molar-refractivity contribution >= 4 is 35.0 Å². The molecule has 3 aromatic rings. The summed E-state index contributed by atoms with van der Waals surface area (Å²) in [7, 11) is 0. The molecule has 5 rings (SSSR count). The van der Waals surface area contributed by atoms with Gasteiger partial charge >= 0.3 is 12.1 Å². The Morgan fingerprint density at radius 1 is 1.07 bits per heavy atom. The number of alkyl halides is 3. The summed E-state index contributed by atoms with van der Waals surface area (Å²) in [5, 5.41) is 0.683. The molecule has 1 aliphatic heterocycles. The summed E-state index contributed by atoms with van der Waals surface area (Å²) in [6, 6.07) is 11.0. The van der Waals surface area contributed by atoms with Crippen molar-refractivity contribution in [2.24, 2.45) is 5.92 Å². The third-order valence-corrected chi connectivity index (χ3v) is 10.8. The number of benzene rings is 2. The largest absolute Gasteiger partial charge is 0.479 e. The van der Waals surface area contributed by atoms with Crippen molar-refractivity contribution in [3.8, 4) is 16.3 Å². The van der Waals surface area contributed by atoms with E-state index in [4.69, 9.17) is 14.5 Å². The molecule has 1 unspecified atom stereocenters. The Bertz CT molecular complexity index is 1500. The van der Waals surface area contributed by atoms with Gasteiger partial charge in [-0.2, -0.15) is 13.2 Å². The summed E-state index contributed by atoms with van der Waals surface area (Å²) in [6.07, 6.45) is -0.863. The first-order valence-electron chi connectivity index (χ1n) is 15.8. The number of hydrogen-bond acceptors (Lipinski definition) is 8. The number of aryl methyl sites for hydroxylation is 1. The van der Waals surface area contributed by atoms with Gasteiger partial charge < -0.3 is 14.4 Å². The van der Waals surface area contributed by atoms with Gasteiger partial charge in [0, 0.05) is 59.7 Å². The molecule has 2 aliphatic rings. The van der Waals surface area contributed by atoms with Crippen LogP contribution < -0.4 is 4.74 Å². The van der Waals surface area contributed by atoms with E-state index >= 15 is 0 Å². The number of piperazine rings is 1. The lowest BCUT2D eigenvalue weighted by Gasteiger charge is -2.35. The van der Waals surface area contributed by atoms with Gasteiger partial charge in [-0.15, -0.1) is 23.1 Å². The Hall–Kier alpha value is -3.09. The molecule has 46 heavy (non-hydrogen) atoms. The molecule has 1 aromatic heterocycles. The zero-order valence-electron chi connectivity index (χ0n) is 26.4. The van der Waals surface area contributed by atoms with Crippen molar-refractivity contribution in [3.63, 3.8) is 0 Å². The van der Waals surface area contributed by atoms with Crippen LogP contribution in [0.2, 0.25) is 0 Å². The third kappa shape index (κ3) is 8.63. The maximum Gasteiger partial charge on any atom is 0.416 e. The van der Waals surface area contributed by atoms with Gasteiger partial charge in [0.05, 0.1) is 17.9 Å². The minimum Gasteiger partial charge on any atom is -0.479 e. The van der Waals surface area contributed by atoms with Crippen LogP contribution in [0.1, 0.15) is 61.2 Å². The highest BCUT2D eigenvalue weighted by atomic mass is 32.2. The zero-order chi connectivity index (χ0) is 32.8. The average molecular weight is 676 g/mol. The molecular formula is C34H40F3N3O4S2. The van der Waals surface area contributed by atoms with Crippen molar-refractivity contribution in [2.75, 3.05) is 32.8 Å². The molecule has 1 saturated carbocycles. The van der Waals surface area contributed by atoms with Gasteiger partial charge in [-0.1, -0.05) is 25.0 Å². The molecule has 7 nitrogen and oxygen atoms in total. The van der Waals surface area contributed by atoms with Crippen LogP contribution in [-0.4, -0.2) is 65.6 Å². The molecule has 1 saturated heterocycles. The summed E-state index contributed by atoms with van der Waals surface area (Å²) in [6.45, 7) is 9.13. The lowest BCUT2D eigenvalue weighted by Crippen LogP contribution is -2.49. The minimum atomic E-state index is -4.40. The maximum atomic E-state index is 13.2. The monoisotopic (exact) mass is 675 g/mol. The summed E-state index contributed by atoms with van der Waals surface area (Å²) < 4.78 is 50.4. The number of amides is 1. The zero-order valence-corrected chi connectivity index (χ0v) is 28.0. The first-order chi connectivity index (χ1) is 22.0. The smallest absolute Gasteiger partial charge is 0.416 e. The summed E-state index contributed by atoms with van der Waals surface area (Å²) >= 11 is 3.14. The highest BCUT2D eigenvalue weighted by molar-refractivity contribution is 7.98. The Morgan fingerprint density at radius 2 is 1.76 bits per heavy atom. The number of rotatable bonds is 11. The Labute approximate surface area is 276 Å². The summed E-state index contributed by atoms with van der Waals surface area (Å²) in [5.41, 5.74) is 1.76. The quantitative estimate of drug-likeness (QED) is 0.153. The van der Waals surface area contributed by atoms with Crippen molar-refractivity contribution in [1.82, 2.24) is 14.8 Å². The fraction of sp³-hybridized carbons (Fsp3) is 0.500. The van der Waals surface area contributed by atoms with E-state index in [2.05, 4.69) is 4.90 Å². The molecule has 1 amide bonds. The van der Waals surface area contributed by atoms with Crippen molar-refractivity contribution in [2.45, 2.75) is 75.9 Å². The van der Waals surface area contributed by atoms with Gasteiger partial charge in [0.25, 0.3) is 0 Å². The molecule has 1 aliphatic carbocycles. The van der Waals surface area contributed by atoms with E-state index in [9.17, 15) is 22.8 Å². The van der Waals surface area contributed by atoms with E-state index in [1.54, 1.807) is 25.6 Å². The van der Waals surface area contributed by atoms with Crippen LogP contribution in [0, 0.1) is 12.8 Å². The fourth-order valence-electron chi connectivity index (χ4n) is 5.81. The number of nitrogens with zero attached hydrogens (tertiary/aromatic N) is 3. The number of esters is 1. The topological polar surface area (TPSA) is 72.0 Å². The minimum absolute atomic E-state index is 0.172. The number of thiazole rings is 1. The molecule has 2 fully saturated rings. The van der Waals surface area contributed by atoms with Gasteiger partial charge in [-0.25, -0.2) is 9.78 Å². The normalized spacial score (nSPS) is 16.9. The fourth-order valence-corrected chi connectivity index (χ4v) is 7.98. The lowest BCUT2D eigenvalue weighted by molar-refractivity contribution is -0.150. The van der Waals surface area contributed by atoms with Crippen LogP contribution in [0.25, 0.3) is 10.6 Å². The molecular weight excluding hydrogens is 636 g/mol. The predicted molar refractivity (Wildman–Crippen MR) is 174 cm³/mol. The van der Waals surface area contributed by atoms with E-state index < -0.39 is 23.8 Å². The van der Waals surface area contributed by atoms with E-state index in [1.807, 2.05) is 30.0 Å². The Balaban J connectivity index is 1.29.